The number of amides is 2. The summed E-state index contributed by atoms with van der Waals surface area (Å²) < 4.78 is 0. The molecule has 0 spiro atoms. The zero-order valence-corrected chi connectivity index (χ0v) is 20.4. The second-order valence-electron chi connectivity index (χ2n) is 9.16. The van der Waals surface area contributed by atoms with Gasteiger partial charge in [0.1, 0.15) is 5.41 Å². The third-order valence-corrected chi connectivity index (χ3v) is 6.21. The summed E-state index contributed by atoms with van der Waals surface area (Å²) in [4.78, 5) is 35.7. The number of pyridine rings is 2. The van der Waals surface area contributed by atoms with Crippen LogP contribution in [-0.4, -0.2) is 21.8 Å². The van der Waals surface area contributed by atoms with E-state index in [4.69, 9.17) is 11.5 Å². The van der Waals surface area contributed by atoms with Gasteiger partial charge in [-0.3, -0.25) is 19.6 Å². The topological polar surface area (TPSA) is 136 Å². The Morgan fingerprint density at radius 3 is 1.63 bits per heavy atom. The molecule has 0 aliphatic carbocycles. The van der Waals surface area contributed by atoms with Crippen molar-refractivity contribution in [2.45, 2.75) is 40.5 Å². The first kappa shape index (κ1) is 23.9. The van der Waals surface area contributed by atoms with Crippen LogP contribution in [0.4, 0.5) is 22.7 Å². The highest BCUT2D eigenvalue weighted by Crippen LogP contribution is 2.31. The first-order valence-electron chi connectivity index (χ1n) is 11.6. The van der Waals surface area contributed by atoms with E-state index in [9.17, 15) is 9.59 Å². The number of hydrogen-bond donors (Lipinski definition) is 4. The molecule has 2 aromatic heterocycles. The number of nitrogens with one attached hydrogen (secondary N) is 2. The molecule has 4 aromatic rings. The van der Waals surface area contributed by atoms with E-state index in [0.29, 0.717) is 35.6 Å². The molecule has 0 aliphatic heterocycles. The Morgan fingerprint density at radius 1 is 0.800 bits per heavy atom. The molecule has 6 N–H and O–H groups in total. The smallest absolute Gasteiger partial charge is 0.239 e. The number of nitrogens with two attached hydrogens (primary N) is 2. The second-order valence-corrected chi connectivity index (χ2v) is 9.16. The van der Waals surface area contributed by atoms with Crippen LogP contribution >= 0.6 is 0 Å². The van der Waals surface area contributed by atoms with Gasteiger partial charge < -0.3 is 22.1 Å². The van der Waals surface area contributed by atoms with E-state index in [0.717, 1.165) is 33.2 Å². The average molecular weight is 471 g/mol. The standard InChI is InChI=1S/C27H30N6O2/c1-5-10-27(4,25(34)32-17-6-8-23-19(13-17)21(28)11-15(2)30-23)26(35)33-18-7-9-24-20(14-18)22(29)12-16(3)31-24/h6-9,11-14H,5,10H2,1-4H3,(H2,28,30)(H2,29,31)(H,32,34)(H,33,35). The monoisotopic (exact) mass is 470 g/mol. The number of aromatic nitrogens is 2. The summed E-state index contributed by atoms with van der Waals surface area (Å²) in [5.74, 6) is -0.792. The van der Waals surface area contributed by atoms with Gasteiger partial charge in [0.25, 0.3) is 0 Å². The Kier molecular flexibility index (Phi) is 6.30. The molecule has 8 heteroatoms. The molecule has 0 atom stereocenters. The maximum atomic E-state index is 13.4. The van der Waals surface area contributed by atoms with E-state index in [-0.39, 0.29) is 0 Å². The predicted molar refractivity (Wildman–Crippen MR) is 142 cm³/mol. The van der Waals surface area contributed by atoms with Crippen LogP contribution < -0.4 is 22.1 Å². The normalized spacial score (nSPS) is 11.5. The van der Waals surface area contributed by atoms with Gasteiger partial charge in [-0.25, -0.2) is 0 Å². The third kappa shape index (κ3) is 4.73. The van der Waals surface area contributed by atoms with Gasteiger partial charge in [0.05, 0.1) is 11.0 Å². The van der Waals surface area contributed by atoms with Crippen LogP contribution in [0.25, 0.3) is 21.8 Å². The van der Waals surface area contributed by atoms with E-state index in [2.05, 4.69) is 20.6 Å². The molecule has 8 nitrogen and oxygen atoms in total. The molecule has 0 aliphatic rings. The molecular formula is C27H30N6O2. The van der Waals surface area contributed by atoms with Crippen molar-refractivity contribution in [2.24, 2.45) is 5.41 Å². The highest BCUT2D eigenvalue weighted by atomic mass is 16.2. The minimum absolute atomic E-state index is 0.373. The molecule has 0 radical (unpaired) electrons. The van der Waals surface area contributed by atoms with Gasteiger partial charge in [-0.05, 0) is 75.7 Å². The Hall–Kier alpha value is -4.20. The van der Waals surface area contributed by atoms with Gasteiger partial charge in [0, 0.05) is 44.9 Å². The fraction of sp³-hybridized carbons (Fsp3) is 0.259. The zero-order valence-electron chi connectivity index (χ0n) is 20.4. The molecule has 0 fully saturated rings. The lowest BCUT2D eigenvalue weighted by atomic mass is 9.83. The van der Waals surface area contributed by atoms with Crippen molar-refractivity contribution >= 4 is 56.4 Å². The van der Waals surface area contributed by atoms with Crippen LogP contribution in [0.1, 0.15) is 38.1 Å². The predicted octanol–water partition coefficient (Wildman–Crippen LogP) is 4.95. The fourth-order valence-electron chi connectivity index (χ4n) is 4.30. The lowest BCUT2D eigenvalue weighted by Crippen LogP contribution is -2.44. The number of rotatable bonds is 6. The maximum Gasteiger partial charge on any atom is 0.239 e. The van der Waals surface area contributed by atoms with Gasteiger partial charge in [-0.1, -0.05) is 13.3 Å². The van der Waals surface area contributed by atoms with Crippen molar-refractivity contribution in [3.63, 3.8) is 0 Å². The van der Waals surface area contributed by atoms with Crippen molar-refractivity contribution in [1.82, 2.24) is 9.97 Å². The molecule has 2 amide bonds. The zero-order chi connectivity index (χ0) is 25.3. The highest BCUT2D eigenvalue weighted by molar-refractivity contribution is 6.15. The van der Waals surface area contributed by atoms with Crippen molar-refractivity contribution in [2.75, 3.05) is 22.1 Å². The number of benzene rings is 2. The number of aryl methyl sites for hydroxylation is 2. The first-order valence-corrected chi connectivity index (χ1v) is 11.6. The minimum atomic E-state index is -1.30. The number of nitrogens with zero attached hydrogens (tertiary/aromatic N) is 2. The number of fused-ring (bicyclic) bond motifs is 2. The maximum absolute atomic E-state index is 13.4. The van der Waals surface area contributed by atoms with E-state index >= 15 is 0 Å². The summed E-state index contributed by atoms with van der Waals surface area (Å²) in [5, 5.41) is 7.29. The quantitative estimate of drug-likeness (QED) is 0.294. The molecule has 0 saturated carbocycles. The largest absolute Gasteiger partial charge is 0.398 e. The summed E-state index contributed by atoms with van der Waals surface area (Å²) in [6.45, 7) is 7.35. The molecule has 2 heterocycles. The summed E-state index contributed by atoms with van der Waals surface area (Å²) >= 11 is 0. The van der Waals surface area contributed by atoms with Gasteiger partial charge >= 0.3 is 0 Å². The van der Waals surface area contributed by atoms with Gasteiger partial charge in [0.15, 0.2) is 0 Å². The third-order valence-electron chi connectivity index (χ3n) is 6.21. The minimum Gasteiger partial charge on any atom is -0.398 e. The molecular weight excluding hydrogens is 440 g/mol. The summed E-state index contributed by atoms with van der Waals surface area (Å²) in [7, 11) is 0. The number of nitrogen functional groups attached to an aromatic ring is 2. The highest BCUT2D eigenvalue weighted by Gasteiger charge is 2.40. The van der Waals surface area contributed by atoms with Crippen LogP contribution in [0.15, 0.2) is 48.5 Å². The van der Waals surface area contributed by atoms with E-state index in [1.165, 1.54) is 0 Å². The Morgan fingerprint density at radius 2 is 1.23 bits per heavy atom. The van der Waals surface area contributed by atoms with Crippen LogP contribution in [-0.2, 0) is 9.59 Å². The van der Waals surface area contributed by atoms with Gasteiger partial charge in [-0.15, -0.1) is 0 Å². The van der Waals surface area contributed by atoms with Crippen molar-refractivity contribution in [1.29, 1.82) is 0 Å². The van der Waals surface area contributed by atoms with Gasteiger partial charge in [0.2, 0.25) is 11.8 Å². The lowest BCUT2D eigenvalue weighted by molar-refractivity contribution is -0.136. The molecule has 0 saturated heterocycles. The molecule has 35 heavy (non-hydrogen) atoms. The molecule has 2 aromatic carbocycles. The summed E-state index contributed by atoms with van der Waals surface area (Å²) in [6.07, 6.45) is 1.02. The van der Waals surface area contributed by atoms with Crippen molar-refractivity contribution < 1.29 is 9.59 Å². The fourth-order valence-corrected chi connectivity index (χ4v) is 4.30. The Bertz CT molecular complexity index is 1360. The van der Waals surface area contributed by atoms with Crippen molar-refractivity contribution in [3.05, 3.63) is 59.9 Å². The van der Waals surface area contributed by atoms with Gasteiger partial charge in [-0.2, -0.15) is 0 Å². The van der Waals surface area contributed by atoms with Crippen LogP contribution in [0.5, 0.6) is 0 Å². The van der Waals surface area contributed by atoms with E-state index in [1.54, 1.807) is 55.5 Å². The molecule has 0 unspecified atom stereocenters. The number of hydrogen-bond acceptors (Lipinski definition) is 6. The van der Waals surface area contributed by atoms with Crippen molar-refractivity contribution in [3.8, 4) is 0 Å². The Balaban J connectivity index is 1.59. The van der Waals surface area contributed by atoms with E-state index < -0.39 is 17.2 Å². The molecule has 0 bridgehead atoms. The first-order chi connectivity index (χ1) is 16.6. The summed E-state index contributed by atoms with van der Waals surface area (Å²) in [5.41, 5.74) is 16.4. The van der Waals surface area contributed by atoms with Crippen LogP contribution in [0, 0.1) is 19.3 Å². The number of carbonyl (C=O) groups is 2. The lowest BCUT2D eigenvalue weighted by Gasteiger charge is -2.27. The summed E-state index contributed by atoms with van der Waals surface area (Å²) in [6, 6.07) is 14.3. The second kappa shape index (κ2) is 9.21. The molecule has 180 valence electrons. The average Bonchev–Trinajstić information content (AvgIpc) is 2.79. The van der Waals surface area contributed by atoms with Crippen LogP contribution in [0.3, 0.4) is 0 Å². The van der Waals surface area contributed by atoms with Crippen LogP contribution in [0.2, 0.25) is 0 Å². The number of anilines is 4. The Labute approximate surface area is 204 Å². The number of carbonyl (C=O) groups excluding carboxylic acids is 2. The molecule has 4 rings (SSSR count). The van der Waals surface area contributed by atoms with E-state index in [1.807, 2.05) is 20.8 Å². The SMILES string of the molecule is CCCC(C)(C(=O)Nc1ccc2nc(C)cc(N)c2c1)C(=O)Nc1ccc2nc(C)cc(N)c2c1.